The zero-order valence-electron chi connectivity index (χ0n) is 11.8. The molecule has 0 N–H and O–H groups in total. The smallest absolute Gasteiger partial charge is 0.169 e. The van der Waals surface area contributed by atoms with Gasteiger partial charge in [0.2, 0.25) is 0 Å². The fourth-order valence-electron chi connectivity index (χ4n) is 2.37. The largest absolute Gasteiger partial charge is 0.497 e. The van der Waals surface area contributed by atoms with Gasteiger partial charge in [-0.3, -0.25) is 4.79 Å². The number of rotatable bonds is 3. The summed E-state index contributed by atoms with van der Waals surface area (Å²) in [5, 5.41) is 0. The van der Waals surface area contributed by atoms with Crippen LogP contribution in [0.15, 0.2) is 36.4 Å². The molecule has 21 heavy (non-hydrogen) atoms. The van der Waals surface area contributed by atoms with Crippen molar-refractivity contribution in [2.45, 2.75) is 6.42 Å². The highest BCUT2D eigenvalue weighted by Gasteiger charge is 2.18. The van der Waals surface area contributed by atoms with E-state index in [-0.39, 0.29) is 0 Å². The van der Waals surface area contributed by atoms with Gasteiger partial charge in [0.15, 0.2) is 11.5 Å². The highest BCUT2D eigenvalue weighted by molar-refractivity contribution is 5.84. The quantitative estimate of drug-likeness (QED) is 0.811. The zero-order chi connectivity index (χ0) is 14.7. The summed E-state index contributed by atoms with van der Waals surface area (Å²) >= 11 is 0. The van der Waals surface area contributed by atoms with E-state index in [1.165, 1.54) is 0 Å². The van der Waals surface area contributed by atoms with Crippen LogP contribution in [-0.2, 0) is 0 Å². The molecule has 0 aliphatic carbocycles. The third-order valence-electron chi connectivity index (χ3n) is 3.39. The summed E-state index contributed by atoms with van der Waals surface area (Å²) in [6.45, 7) is 1.19. The van der Waals surface area contributed by atoms with Crippen molar-refractivity contribution in [1.29, 1.82) is 0 Å². The third kappa shape index (κ3) is 2.70. The molecule has 0 amide bonds. The second-order valence-electron chi connectivity index (χ2n) is 4.80. The monoisotopic (exact) mass is 284 g/mol. The van der Waals surface area contributed by atoms with E-state index >= 15 is 0 Å². The molecule has 2 aromatic carbocycles. The molecule has 1 aliphatic rings. The number of hydrogen-bond acceptors (Lipinski definition) is 4. The van der Waals surface area contributed by atoms with E-state index in [1.807, 2.05) is 30.3 Å². The van der Waals surface area contributed by atoms with Gasteiger partial charge in [-0.05, 0) is 29.8 Å². The Morgan fingerprint density at radius 2 is 2.00 bits per heavy atom. The van der Waals surface area contributed by atoms with Crippen LogP contribution in [0.3, 0.4) is 0 Å². The Hall–Kier alpha value is -2.49. The first-order chi connectivity index (χ1) is 10.3. The maximum atomic E-state index is 11.2. The van der Waals surface area contributed by atoms with Gasteiger partial charge >= 0.3 is 0 Å². The Bertz CT molecular complexity index is 664. The van der Waals surface area contributed by atoms with Crippen LogP contribution in [0.4, 0.5) is 0 Å². The molecule has 4 nitrogen and oxygen atoms in total. The minimum absolute atomic E-state index is 0.567. The molecule has 2 aromatic rings. The van der Waals surface area contributed by atoms with Crippen molar-refractivity contribution in [3.63, 3.8) is 0 Å². The predicted octanol–water partition coefficient (Wildman–Crippen LogP) is 3.34. The lowest BCUT2D eigenvalue weighted by molar-refractivity contribution is 0.112. The molecule has 4 heteroatoms. The molecule has 0 atom stereocenters. The van der Waals surface area contributed by atoms with Crippen LogP contribution in [0.25, 0.3) is 11.1 Å². The average Bonchev–Trinajstić information content (AvgIpc) is 2.79. The highest BCUT2D eigenvalue weighted by Crippen LogP contribution is 2.41. The molecule has 0 spiro atoms. The molecular weight excluding hydrogens is 268 g/mol. The fraction of sp³-hybridized carbons (Fsp3) is 0.235. The van der Waals surface area contributed by atoms with E-state index in [9.17, 15) is 4.79 Å². The van der Waals surface area contributed by atoms with E-state index in [0.717, 1.165) is 29.6 Å². The summed E-state index contributed by atoms with van der Waals surface area (Å²) in [5.74, 6) is 2.06. The van der Waals surface area contributed by atoms with Crippen LogP contribution < -0.4 is 14.2 Å². The van der Waals surface area contributed by atoms with Crippen molar-refractivity contribution in [2.75, 3.05) is 20.3 Å². The summed E-state index contributed by atoms with van der Waals surface area (Å²) in [6, 6.07) is 11.2. The lowest BCUT2D eigenvalue weighted by Gasteiger charge is -2.14. The van der Waals surface area contributed by atoms with Gasteiger partial charge in [-0.15, -0.1) is 0 Å². The summed E-state index contributed by atoms with van der Waals surface area (Å²) < 4.78 is 16.8. The SMILES string of the molecule is COc1cccc(-c2cc(C=O)cc3c2OCCCO3)c1. The maximum Gasteiger partial charge on any atom is 0.169 e. The lowest BCUT2D eigenvalue weighted by Crippen LogP contribution is -1.98. The summed E-state index contributed by atoms with van der Waals surface area (Å²) in [7, 11) is 1.63. The number of fused-ring (bicyclic) bond motifs is 1. The Kier molecular flexibility index (Phi) is 3.77. The molecular formula is C17H16O4. The van der Waals surface area contributed by atoms with E-state index in [2.05, 4.69) is 0 Å². The Morgan fingerprint density at radius 1 is 1.14 bits per heavy atom. The number of carbonyl (C=O) groups is 1. The van der Waals surface area contributed by atoms with Crippen molar-refractivity contribution in [3.05, 3.63) is 42.0 Å². The first-order valence-corrected chi connectivity index (χ1v) is 6.85. The van der Waals surface area contributed by atoms with Crippen molar-refractivity contribution >= 4 is 6.29 Å². The molecule has 0 saturated heterocycles. The Balaban J connectivity index is 2.17. The topological polar surface area (TPSA) is 44.8 Å². The molecule has 0 bridgehead atoms. The van der Waals surface area contributed by atoms with Gasteiger partial charge in [-0.2, -0.15) is 0 Å². The third-order valence-corrected chi connectivity index (χ3v) is 3.39. The van der Waals surface area contributed by atoms with Gasteiger partial charge in [0.1, 0.15) is 12.0 Å². The van der Waals surface area contributed by atoms with Gasteiger partial charge < -0.3 is 14.2 Å². The first kappa shape index (κ1) is 13.5. The number of benzene rings is 2. The second kappa shape index (κ2) is 5.87. The van der Waals surface area contributed by atoms with E-state index in [4.69, 9.17) is 14.2 Å². The zero-order valence-corrected chi connectivity index (χ0v) is 11.8. The average molecular weight is 284 g/mol. The Labute approximate surface area is 123 Å². The number of aldehydes is 1. The number of hydrogen-bond donors (Lipinski definition) is 0. The summed E-state index contributed by atoms with van der Waals surface area (Å²) in [4.78, 5) is 11.2. The van der Waals surface area contributed by atoms with E-state index in [1.54, 1.807) is 13.2 Å². The van der Waals surface area contributed by atoms with Crippen molar-refractivity contribution in [3.8, 4) is 28.4 Å². The van der Waals surface area contributed by atoms with Gasteiger partial charge in [-0.1, -0.05) is 12.1 Å². The van der Waals surface area contributed by atoms with Crippen LogP contribution in [0.2, 0.25) is 0 Å². The van der Waals surface area contributed by atoms with Crippen LogP contribution in [0, 0.1) is 0 Å². The standard InChI is InChI=1S/C17H16O4/c1-19-14-5-2-4-13(10-14)15-8-12(11-18)9-16-17(15)21-7-3-6-20-16/h2,4-5,8-11H,3,6-7H2,1H3. The number of methoxy groups -OCH3 is 1. The van der Waals surface area contributed by atoms with Crippen LogP contribution in [0.5, 0.6) is 17.2 Å². The molecule has 108 valence electrons. The second-order valence-corrected chi connectivity index (χ2v) is 4.80. The van der Waals surface area contributed by atoms with Gasteiger partial charge in [0.05, 0.1) is 20.3 Å². The van der Waals surface area contributed by atoms with E-state index < -0.39 is 0 Å². The first-order valence-electron chi connectivity index (χ1n) is 6.85. The lowest BCUT2D eigenvalue weighted by atomic mass is 10.0. The number of ether oxygens (including phenoxy) is 3. The normalized spacial score (nSPS) is 13.4. The number of carbonyl (C=O) groups excluding carboxylic acids is 1. The maximum absolute atomic E-state index is 11.2. The van der Waals surface area contributed by atoms with Crippen molar-refractivity contribution < 1.29 is 19.0 Å². The molecule has 0 unspecified atom stereocenters. The van der Waals surface area contributed by atoms with Gasteiger partial charge in [-0.25, -0.2) is 0 Å². The van der Waals surface area contributed by atoms with Crippen LogP contribution >= 0.6 is 0 Å². The summed E-state index contributed by atoms with van der Waals surface area (Å²) in [6.07, 6.45) is 1.64. The molecule has 3 rings (SSSR count). The molecule has 0 aromatic heterocycles. The molecule has 0 radical (unpaired) electrons. The minimum atomic E-state index is 0.567. The predicted molar refractivity (Wildman–Crippen MR) is 79.4 cm³/mol. The Morgan fingerprint density at radius 3 is 2.81 bits per heavy atom. The molecule has 1 heterocycles. The summed E-state index contributed by atoms with van der Waals surface area (Å²) in [5.41, 5.74) is 2.34. The van der Waals surface area contributed by atoms with Crippen LogP contribution in [0.1, 0.15) is 16.8 Å². The van der Waals surface area contributed by atoms with E-state index in [0.29, 0.717) is 30.3 Å². The molecule has 0 saturated carbocycles. The fourth-order valence-corrected chi connectivity index (χ4v) is 2.37. The highest BCUT2D eigenvalue weighted by atomic mass is 16.5. The van der Waals surface area contributed by atoms with Gasteiger partial charge in [0.25, 0.3) is 0 Å². The van der Waals surface area contributed by atoms with Crippen molar-refractivity contribution in [2.24, 2.45) is 0 Å². The molecule has 1 aliphatic heterocycles. The minimum Gasteiger partial charge on any atom is -0.497 e. The molecule has 0 fully saturated rings. The van der Waals surface area contributed by atoms with Gasteiger partial charge in [0, 0.05) is 17.5 Å². The van der Waals surface area contributed by atoms with Crippen LogP contribution in [-0.4, -0.2) is 26.6 Å². The van der Waals surface area contributed by atoms with Crippen molar-refractivity contribution in [1.82, 2.24) is 0 Å².